The van der Waals surface area contributed by atoms with Crippen LogP contribution in [0.2, 0.25) is 0 Å². The minimum atomic E-state index is -3.88. The van der Waals surface area contributed by atoms with E-state index >= 15 is 0 Å². The normalized spacial score (nSPS) is 15.6. The molecule has 0 fully saturated rings. The van der Waals surface area contributed by atoms with E-state index in [1.165, 1.54) is 4.31 Å². The van der Waals surface area contributed by atoms with Crippen molar-refractivity contribution in [1.82, 2.24) is 0 Å². The molecule has 6 nitrogen and oxygen atoms in total. The predicted octanol–water partition coefficient (Wildman–Crippen LogP) is 4.52. The molecule has 4 rings (SSSR count). The lowest BCUT2D eigenvalue weighted by molar-refractivity contribution is -0.122. The van der Waals surface area contributed by atoms with E-state index in [2.05, 4.69) is 5.32 Å². The highest BCUT2D eigenvalue weighted by molar-refractivity contribution is 7.92. The van der Waals surface area contributed by atoms with Crippen LogP contribution in [0.3, 0.4) is 0 Å². The average molecular weight is 451 g/mol. The van der Waals surface area contributed by atoms with E-state index in [1.54, 1.807) is 36.4 Å². The van der Waals surface area contributed by atoms with Gasteiger partial charge in [-0.3, -0.25) is 9.10 Å². The van der Waals surface area contributed by atoms with Crippen LogP contribution in [0.25, 0.3) is 0 Å². The molecule has 32 heavy (non-hydrogen) atoms. The summed E-state index contributed by atoms with van der Waals surface area (Å²) in [5.74, 6) is -0.0269. The van der Waals surface area contributed by atoms with Gasteiger partial charge in [-0.15, -0.1) is 0 Å². The van der Waals surface area contributed by atoms with Crippen molar-refractivity contribution in [3.63, 3.8) is 0 Å². The summed E-state index contributed by atoms with van der Waals surface area (Å²) in [4.78, 5) is 13.3. The SMILES string of the molecule is Cc1ccc(S(=O)(=O)N2C[C@@H](C(=O)Nc3ccc(C)cc3C)Oc3cc(C)ccc32)cc1. The highest BCUT2D eigenvalue weighted by atomic mass is 32.2. The van der Waals surface area contributed by atoms with E-state index in [9.17, 15) is 13.2 Å². The number of anilines is 2. The van der Waals surface area contributed by atoms with Crippen LogP contribution in [0.15, 0.2) is 65.6 Å². The molecule has 3 aromatic rings. The predicted molar refractivity (Wildman–Crippen MR) is 126 cm³/mol. The maximum atomic E-state index is 13.5. The van der Waals surface area contributed by atoms with Gasteiger partial charge >= 0.3 is 0 Å². The molecule has 0 unspecified atom stereocenters. The summed E-state index contributed by atoms with van der Waals surface area (Å²) >= 11 is 0. The topological polar surface area (TPSA) is 75.7 Å². The molecule has 0 aromatic heterocycles. The molecule has 1 N–H and O–H groups in total. The van der Waals surface area contributed by atoms with Crippen molar-refractivity contribution in [1.29, 1.82) is 0 Å². The third kappa shape index (κ3) is 4.21. The summed E-state index contributed by atoms with van der Waals surface area (Å²) in [6.45, 7) is 7.56. The first-order valence-corrected chi connectivity index (χ1v) is 11.8. The Morgan fingerprint density at radius 1 is 0.906 bits per heavy atom. The van der Waals surface area contributed by atoms with Crippen LogP contribution in [0.5, 0.6) is 5.75 Å². The summed E-state index contributed by atoms with van der Waals surface area (Å²) in [5.41, 5.74) is 4.99. The molecule has 0 saturated heterocycles. The molecular formula is C25H26N2O4S. The number of benzene rings is 3. The second-order valence-electron chi connectivity index (χ2n) is 8.23. The van der Waals surface area contributed by atoms with E-state index in [0.717, 1.165) is 22.3 Å². The Bertz CT molecular complexity index is 1280. The molecule has 1 atom stereocenters. The summed E-state index contributed by atoms with van der Waals surface area (Å²) in [6.07, 6.45) is -0.995. The third-order valence-electron chi connectivity index (χ3n) is 5.53. The monoisotopic (exact) mass is 450 g/mol. The Balaban J connectivity index is 1.69. The van der Waals surface area contributed by atoms with Gasteiger partial charge in [0.25, 0.3) is 15.9 Å². The minimum Gasteiger partial charge on any atom is -0.476 e. The van der Waals surface area contributed by atoms with Crippen LogP contribution in [0.1, 0.15) is 22.3 Å². The van der Waals surface area contributed by atoms with E-state index < -0.39 is 22.0 Å². The maximum absolute atomic E-state index is 13.5. The molecule has 0 spiro atoms. The van der Waals surface area contributed by atoms with Crippen molar-refractivity contribution in [3.8, 4) is 5.75 Å². The lowest BCUT2D eigenvalue weighted by Crippen LogP contribution is -2.48. The Labute approximate surface area is 188 Å². The van der Waals surface area contributed by atoms with Crippen LogP contribution in [0, 0.1) is 27.7 Å². The number of nitrogens with zero attached hydrogens (tertiary/aromatic N) is 1. The lowest BCUT2D eigenvalue weighted by atomic mass is 10.1. The molecular weight excluding hydrogens is 424 g/mol. The van der Waals surface area contributed by atoms with Gasteiger partial charge in [0.05, 0.1) is 17.1 Å². The lowest BCUT2D eigenvalue weighted by Gasteiger charge is -2.35. The van der Waals surface area contributed by atoms with E-state index in [4.69, 9.17) is 4.74 Å². The summed E-state index contributed by atoms with van der Waals surface area (Å²) in [7, 11) is -3.88. The van der Waals surface area contributed by atoms with Gasteiger partial charge < -0.3 is 10.1 Å². The first-order chi connectivity index (χ1) is 15.1. The van der Waals surface area contributed by atoms with Gasteiger partial charge in [-0.25, -0.2) is 8.42 Å². The quantitative estimate of drug-likeness (QED) is 0.634. The number of hydrogen-bond donors (Lipinski definition) is 1. The highest BCUT2D eigenvalue weighted by Crippen LogP contribution is 2.38. The minimum absolute atomic E-state index is 0.122. The number of amides is 1. The number of ether oxygens (including phenoxy) is 1. The first-order valence-electron chi connectivity index (χ1n) is 10.4. The summed E-state index contributed by atoms with van der Waals surface area (Å²) in [6, 6.07) is 17.7. The second kappa shape index (κ2) is 8.31. The van der Waals surface area contributed by atoms with Crippen molar-refractivity contribution >= 4 is 27.3 Å². The Kier molecular flexibility index (Phi) is 5.69. The fourth-order valence-electron chi connectivity index (χ4n) is 3.73. The second-order valence-corrected chi connectivity index (χ2v) is 10.1. The van der Waals surface area contributed by atoms with Crippen molar-refractivity contribution in [2.45, 2.75) is 38.7 Å². The van der Waals surface area contributed by atoms with Crippen molar-refractivity contribution in [3.05, 3.63) is 82.9 Å². The van der Waals surface area contributed by atoms with Crippen molar-refractivity contribution in [2.24, 2.45) is 0 Å². The van der Waals surface area contributed by atoms with Crippen LogP contribution in [-0.4, -0.2) is 27.0 Å². The number of hydrogen-bond acceptors (Lipinski definition) is 4. The van der Waals surface area contributed by atoms with Gasteiger partial charge in [0, 0.05) is 5.69 Å². The first kappa shape index (κ1) is 21.9. The Hall–Kier alpha value is -3.32. The number of aryl methyl sites for hydroxylation is 4. The smallest absolute Gasteiger partial charge is 0.267 e. The third-order valence-corrected chi connectivity index (χ3v) is 7.32. The van der Waals surface area contributed by atoms with Crippen LogP contribution in [-0.2, 0) is 14.8 Å². The summed E-state index contributed by atoms with van der Waals surface area (Å²) < 4.78 is 34.2. The molecule has 1 aliphatic rings. The molecule has 0 saturated carbocycles. The molecule has 1 heterocycles. The Morgan fingerprint density at radius 2 is 1.53 bits per heavy atom. The van der Waals surface area contributed by atoms with Gasteiger partial charge in [-0.1, -0.05) is 41.5 Å². The number of carbonyl (C=O) groups excluding carboxylic acids is 1. The molecule has 166 valence electrons. The van der Waals surface area contributed by atoms with E-state index in [0.29, 0.717) is 17.1 Å². The molecule has 1 aliphatic heterocycles. The largest absolute Gasteiger partial charge is 0.476 e. The van der Waals surface area contributed by atoms with Crippen LogP contribution < -0.4 is 14.4 Å². The van der Waals surface area contributed by atoms with Crippen molar-refractivity contribution in [2.75, 3.05) is 16.2 Å². The summed E-state index contributed by atoms with van der Waals surface area (Å²) in [5, 5.41) is 2.89. The zero-order chi connectivity index (χ0) is 23.0. The van der Waals surface area contributed by atoms with Gasteiger partial charge in [-0.2, -0.15) is 0 Å². The van der Waals surface area contributed by atoms with E-state index in [-0.39, 0.29) is 11.4 Å². The van der Waals surface area contributed by atoms with E-state index in [1.807, 2.05) is 52.0 Å². The number of carbonyl (C=O) groups is 1. The van der Waals surface area contributed by atoms with Crippen LogP contribution in [0.4, 0.5) is 11.4 Å². The fourth-order valence-corrected chi connectivity index (χ4v) is 5.21. The number of rotatable bonds is 4. The standard InChI is InChI=1S/C25H26N2O4S/c1-16-5-9-20(10-6-16)32(29,30)27-15-24(31-23-14-18(3)8-12-22(23)27)25(28)26-21-11-7-17(2)13-19(21)4/h5-14,24H,15H2,1-4H3,(H,26,28)/t24-/m0/s1. The molecule has 1 amide bonds. The van der Waals surface area contributed by atoms with Gasteiger partial charge in [0.2, 0.25) is 0 Å². The number of nitrogens with one attached hydrogen (secondary N) is 1. The maximum Gasteiger partial charge on any atom is 0.267 e. The molecule has 0 radical (unpaired) electrons. The Morgan fingerprint density at radius 3 is 2.22 bits per heavy atom. The zero-order valence-corrected chi connectivity index (χ0v) is 19.4. The number of sulfonamides is 1. The molecule has 0 bridgehead atoms. The molecule has 7 heteroatoms. The number of fused-ring (bicyclic) bond motifs is 1. The van der Waals surface area contributed by atoms with Crippen molar-refractivity contribution < 1.29 is 17.9 Å². The zero-order valence-electron chi connectivity index (χ0n) is 18.5. The van der Waals surface area contributed by atoms with Gasteiger partial charge in [0.15, 0.2) is 6.10 Å². The molecule has 3 aromatic carbocycles. The van der Waals surface area contributed by atoms with Gasteiger partial charge in [0.1, 0.15) is 5.75 Å². The fraction of sp³-hybridized carbons (Fsp3) is 0.240. The average Bonchev–Trinajstić information content (AvgIpc) is 2.74. The molecule has 0 aliphatic carbocycles. The van der Waals surface area contributed by atoms with Gasteiger partial charge in [-0.05, 0) is 69.2 Å². The highest BCUT2D eigenvalue weighted by Gasteiger charge is 2.37. The van der Waals surface area contributed by atoms with Crippen LogP contribution >= 0.6 is 0 Å².